The molecule has 0 aliphatic carbocycles. The molecule has 0 aromatic rings. The summed E-state index contributed by atoms with van der Waals surface area (Å²) in [5, 5.41) is 0. The first-order valence-corrected chi connectivity index (χ1v) is 34.1. The van der Waals surface area contributed by atoms with Crippen LogP contribution in [0.25, 0.3) is 0 Å². The fourth-order valence-electron chi connectivity index (χ4n) is 10.2. The monoisotopic (exact) mass is 1080 g/mol. The van der Waals surface area contributed by atoms with Gasteiger partial charge in [-0.15, -0.1) is 0 Å². The van der Waals surface area contributed by atoms with Crippen LogP contribution in [0.1, 0.15) is 367 Å². The molecule has 0 fully saturated rings. The zero-order chi connectivity index (χ0) is 55.7. The van der Waals surface area contributed by atoms with Gasteiger partial charge in [0, 0.05) is 19.3 Å². The molecule has 0 N–H and O–H groups in total. The predicted molar refractivity (Wildman–Crippen MR) is 335 cm³/mol. The van der Waals surface area contributed by atoms with Crippen molar-refractivity contribution in [2.24, 2.45) is 0 Å². The van der Waals surface area contributed by atoms with Crippen LogP contribution in [0.15, 0.2) is 48.6 Å². The van der Waals surface area contributed by atoms with Crippen LogP contribution >= 0.6 is 0 Å². The number of esters is 3. The van der Waals surface area contributed by atoms with Crippen molar-refractivity contribution in [3.8, 4) is 0 Å². The Morgan fingerprint density at radius 3 is 0.740 bits per heavy atom. The van der Waals surface area contributed by atoms with Gasteiger partial charge in [-0.05, 0) is 83.5 Å². The minimum Gasteiger partial charge on any atom is -0.462 e. The highest BCUT2D eigenvalue weighted by atomic mass is 16.6. The summed E-state index contributed by atoms with van der Waals surface area (Å²) in [5.41, 5.74) is 0. The van der Waals surface area contributed by atoms with Crippen molar-refractivity contribution in [1.82, 2.24) is 0 Å². The number of ether oxygens (including phenoxy) is 3. The average molecular weight is 1080 g/mol. The van der Waals surface area contributed by atoms with Gasteiger partial charge in [0.1, 0.15) is 13.2 Å². The van der Waals surface area contributed by atoms with Crippen LogP contribution in [0.3, 0.4) is 0 Å². The summed E-state index contributed by atoms with van der Waals surface area (Å²) < 4.78 is 17.0. The number of carbonyl (C=O) groups is 3. The number of allylic oxidation sites excluding steroid dienone is 8. The van der Waals surface area contributed by atoms with E-state index in [-0.39, 0.29) is 31.1 Å². The fourth-order valence-corrected chi connectivity index (χ4v) is 10.2. The van der Waals surface area contributed by atoms with Crippen LogP contribution < -0.4 is 0 Å². The topological polar surface area (TPSA) is 78.9 Å². The Morgan fingerprint density at radius 1 is 0.260 bits per heavy atom. The lowest BCUT2D eigenvalue weighted by molar-refractivity contribution is -0.167. The van der Waals surface area contributed by atoms with Gasteiger partial charge in [-0.2, -0.15) is 0 Å². The van der Waals surface area contributed by atoms with Gasteiger partial charge in [-0.25, -0.2) is 0 Å². The first-order valence-electron chi connectivity index (χ1n) is 34.1. The van der Waals surface area contributed by atoms with Crippen LogP contribution in [0.4, 0.5) is 0 Å². The van der Waals surface area contributed by atoms with E-state index in [9.17, 15) is 14.4 Å². The van der Waals surface area contributed by atoms with Gasteiger partial charge in [0.2, 0.25) is 0 Å². The molecule has 0 aliphatic heterocycles. The second-order valence-corrected chi connectivity index (χ2v) is 23.1. The van der Waals surface area contributed by atoms with Gasteiger partial charge in [0.15, 0.2) is 6.10 Å². The molecule has 0 spiro atoms. The summed E-state index contributed by atoms with van der Waals surface area (Å²) in [6.45, 7) is 6.65. The Kier molecular flexibility index (Phi) is 63.6. The maximum absolute atomic E-state index is 12.9. The highest BCUT2D eigenvalue weighted by Crippen LogP contribution is 2.18. The van der Waals surface area contributed by atoms with Gasteiger partial charge in [0.05, 0.1) is 0 Å². The van der Waals surface area contributed by atoms with Crippen molar-refractivity contribution >= 4 is 17.9 Å². The molecule has 0 radical (unpaired) electrons. The zero-order valence-electron chi connectivity index (χ0n) is 51.7. The molecule has 450 valence electrons. The molecular weight excluding hydrogens is 949 g/mol. The maximum atomic E-state index is 12.9. The van der Waals surface area contributed by atoms with E-state index in [1.165, 1.54) is 244 Å². The van der Waals surface area contributed by atoms with E-state index in [1.807, 2.05) is 0 Å². The number of unbranched alkanes of at least 4 members (excludes halogenated alkanes) is 44. The number of hydrogen-bond acceptors (Lipinski definition) is 6. The van der Waals surface area contributed by atoms with Crippen LogP contribution in [0, 0.1) is 0 Å². The third kappa shape index (κ3) is 64.1. The van der Waals surface area contributed by atoms with Gasteiger partial charge < -0.3 is 14.2 Å². The lowest BCUT2D eigenvalue weighted by Crippen LogP contribution is -2.30. The molecule has 0 aromatic heterocycles. The molecule has 0 bridgehead atoms. The molecule has 0 heterocycles. The molecule has 1 unspecified atom stereocenters. The molecular formula is C71H130O6. The number of hydrogen-bond donors (Lipinski definition) is 0. The van der Waals surface area contributed by atoms with E-state index in [4.69, 9.17) is 14.2 Å². The summed E-state index contributed by atoms with van der Waals surface area (Å²) in [4.78, 5) is 38.4. The van der Waals surface area contributed by atoms with E-state index in [1.54, 1.807) is 0 Å². The lowest BCUT2D eigenvalue weighted by atomic mass is 10.0. The van der Waals surface area contributed by atoms with Crippen LogP contribution in [-0.4, -0.2) is 37.2 Å². The summed E-state index contributed by atoms with van der Waals surface area (Å²) in [6, 6.07) is 0. The Bertz CT molecular complexity index is 1330. The standard InChI is InChI=1S/C71H130O6/c1-4-7-10-13-16-19-22-25-28-30-31-32-33-34-35-36-37-38-39-41-43-46-49-52-55-58-61-64-70(73)76-67-68(66-75-69(72)63-60-57-54-51-48-45-42-27-24-21-18-15-12-9-6-3)77-71(74)65-62-59-56-53-50-47-44-40-29-26-23-20-17-14-11-8-5-2/h18,21-22,25,27,30-31,42,68H,4-17,19-20,23-24,26,28-29,32-41,43-67H2,1-3H3/b21-18-,25-22-,31-30-,42-27-. The largest absolute Gasteiger partial charge is 0.462 e. The van der Waals surface area contributed by atoms with Crippen molar-refractivity contribution in [1.29, 1.82) is 0 Å². The highest BCUT2D eigenvalue weighted by molar-refractivity contribution is 5.71. The minimum absolute atomic E-state index is 0.0732. The SMILES string of the molecule is CCCCC/C=C\C/C=C\CCCCCCCC(=O)OCC(COC(=O)CCCCCCCCCCCCCCCCC/C=C\C/C=C\CCCCCCC)OC(=O)CCCCCCCCCCCCCCCCCCC. The van der Waals surface area contributed by atoms with Gasteiger partial charge in [-0.3, -0.25) is 14.4 Å². The number of carbonyl (C=O) groups excluding carboxylic acids is 3. The Labute approximate surface area is 479 Å². The van der Waals surface area contributed by atoms with E-state index in [2.05, 4.69) is 69.4 Å². The molecule has 1 atom stereocenters. The fraction of sp³-hybridized carbons (Fsp3) is 0.845. The molecule has 0 aromatic carbocycles. The Balaban J connectivity index is 4.25. The zero-order valence-corrected chi connectivity index (χ0v) is 51.7. The van der Waals surface area contributed by atoms with E-state index in [0.29, 0.717) is 19.3 Å². The Morgan fingerprint density at radius 2 is 0.468 bits per heavy atom. The van der Waals surface area contributed by atoms with Crippen molar-refractivity contribution in [2.75, 3.05) is 13.2 Å². The Hall–Kier alpha value is -2.63. The second kappa shape index (κ2) is 65.9. The molecule has 0 saturated heterocycles. The molecule has 0 aliphatic rings. The first-order chi connectivity index (χ1) is 38.0. The van der Waals surface area contributed by atoms with E-state index < -0.39 is 6.10 Å². The van der Waals surface area contributed by atoms with Crippen molar-refractivity contribution in [3.05, 3.63) is 48.6 Å². The maximum Gasteiger partial charge on any atom is 0.306 e. The number of rotatable bonds is 63. The second-order valence-electron chi connectivity index (χ2n) is 23.1. The molecule has 77 heavy (non-hydrogen) atoms. The molecule has 0 amide bonds. The summed E-state index contributed by atoms with van der Waals surface area (Å²) in [5.74, 6) is -0.863. The molecule has 0 saturated carbocycles. The molecule has 0 rings (SSSR count). The predicted octanol–water partition coefficient (Wildman–Crippen LogP) is 23.3. The van der Waals surface area contributed by atoms with Gasteiger partial charge in [-0.1, -0.05) is 313 Å². The summed E-state index contributed by atoms with van der Waals surface area (Å²) >= 11 is 0. The normalized spacial score (nSPS) is 12.3. The molecule has 6 heteroatoms. The summed E-state index contributed by atoms with van der Waals surface area (Å²) in [6.07, 6.45) is 82.7. The van der Waals surface area contributed by atoms with Gasteiger partial charge >= 0.3 is 17.9 Å². The first kappa shape index (κ1) is 74.4. The third-order valence-electron chi connectivity index (χ3n) is 15.3. The summed E-state index contributed by atoms with van der Waals surface area (Å²) in [7, 11) is 0. The smallest absolute Gasteiger partial charge is 0.306 e. The van der Waals surface area contributed by atoms with E-state index >= 15 is 0 Å². The van der Waals surface area contributed by atoms with Crippen molar-refractivity contribution in [2.45, 2.75) is 374 Å². The van der Waals surface area contributed by atoms with Crippen LogP contribution in [-0.2, 0) is 28.6 Å². The van der Waals surface area contributed by atoms with E-state index in [0.717, 1.165) is 83.5 Å². The highest BCUT2D eigenvalue weighted by Gasteiger charge is 2.19. The molecule has 6 nitrogen and oxygen atoms in total. The van der Waals surface area contributed by atoms with Crippen molar-refractivity contribution < 1.29 is 28.6 Å². The third-order valence-corrected chi connectivity index (χ3v) is 15.3. The minimum atomic E-state index is -0.777. The van der Waals surface area contributed by atoms with Gasteiger partial charge in [0.25, 0.3) is 0 Å². The quantitative estimate of drug-likeness (QED) is 0.0261. The van der Waals surface area contributed by atoms with Crippen LogP contribution in [0.2, 0.25) is 0 Å². The average Bonchev–Trinajstić information content (AvgIpc) is 3.43. The van der Waals surface area contributed by atoms with Crippen molar-refractivity contribution in [3.63, 3.8) is 0 Å². The van der Waals surface area contributed by atoms with Crippen LogP contribution in [0.5, 0.6) is 0 Å². The lowest BCUT2D eigenvalue weighted by Gasteiger charge is -2.18.